The Morgan fingerprint density at radius 2 is 2.44 bits per heavy atom. The number of hydrogen-bond donors (Lipinski definition) is 2. The van der Waals surface area contributed by atoms with Gasteiger partial charge in [-0.05, 0) is 0 Å². The van der Waals surface area contributed by atoms with E-state index in [1.807, 2.05) is 0 Å². The second kappa shape index (κ2) is 2.36. The van der Waals surface area contributed by atoms with Crippen molar-refractivity contribution in [1.29, 1.82) is 0 Å². The molecule has 0 unspecified atom stereocenters. The van der Waals surface area contributed by atoms with Gasteiger partial charge in [0, 0.05) is 12.3 Å². The molecule has 0 atom stereocenters. The first-order valence-corrected chi connectivity index (χ1v) is 2.28. The fourth-order valence-electron chi connectivity index (χ4n) is 0.406. The first kappa shape index (κ1) is 5.90. The number of anilines is 1. The Bertz CT molecular complexity index is 202. The van der Waals surface area contributed by atoms with Crippen LogP contribution in [0.25, 0.3) is 0 Å². The standard InChI is InChI=1S/C4H5FN4/c5-3-1-2-7-4(8-3)9-6/h1-2H,6H2,(H,7,8,9). The summed E-state index contributed by atoms with van der Waals surface area (Å²) in [6.45, 7) is 0. The van der Waals surface area contributed by atoms with E-state index < -0.39 is 5.95 Å². The molecule has 0 saturated carbocycles. The molecule has 0 aliphatic rings. The van der Waals surface area contributed by atoms with Crippen LogP contribution in [0.1, 0.15) is 0 Å². The van der Waals surface area contributed by atoms with Crippen LogP contribution in [0.15, 0.2) is 12.3 Å². The molecule has 1 aromatic rings. The maximum Gasteiger partial charge on any atom is 0.239 e. The maximum absolute atomic E-state index is 12.1. The van der Waals surface area contributed by atoms with Gasteiger partial charge in [0.1, 0.15) is 0 Å². The molecule has 5 heteroatoms. The highest BCUT2D eigenvalue weighted by molar-refractivity contribution is 5.19. The smallest absolute Gasteiger partial charge is 0.239 e. The molecular formula is C4H5FN4. The third kappa shape index (κ3) is 1.33. The fraction of sp³-hybridized carbons (Fsp3) is 0. The first-order chi connectivity index (χ1) is 4.33. The topological polar surface area (TPSA) is 63.8 Å². The summed E-state index contributed by atoms with van der Waals surface area (Å²) in [7, 11) is 0. The summed E-state index contributed by atoms with van der Waals surface area (Å²) in [6, 6.07) is 1.14. The number of nitrogens with two attached hydrogens (primary N) is 1. The molecule has 0 radical (unpaired) electrons. The molecule has 1 aromatic heterocycles. The monoisotopic (exact) mass is 128 g/mol. The van der Waals surface area contributed by atoms with Crippen LogP contribution < -0.4 is 11.3 Å². The van der Waals surface area contributed by atoms with Crippen LogP contribution in [0.3, 0.4) is 0 Å². The molecular weight excluding hydrogens is 123 g/mol. The average molecular weight is 128 g/mol. The molecule has 0 saturated heterocycles. The van der Waals surface area contributed by atoms with Gasteiger partial charge < -0.3 is 0 Å². The van der Waals surface area contributed by atoms with Crippen molar-refractivity contribution in [2.45, 2.75) is 0 Å². The summed E-state index contributed by atoms with van der Waals surface area (Å²) in [5.74, 6) is 4.36. The van der Waals surface area contributed by atoms with Gasteiger partial charge in [-0.25, -0.2) is 10.8 Å². The third-order valence-electron chi connectivity index (χ3n) is 0.751. The highest BCUT2D eigenvalue weighted by Crippen LogP contribution is 1.94. The molecule has 3 N–H and O–H groups in total. The quantitative estimate of drug-likeness (QED) is 0.315. The lowest BCUT2D eigenvalue weighted by molar-refractivity contribution is 0.581. The molecule has 0 aliphatic heterocycles. The predicted octanol–water partition coefficient (Wildman–Crippen LogP) is -0.0987. The zero-order valence-corrected chi connectivity index (χ0v) is 4.50. The van der Waals surface area contributed by atoms with Crippen molar-refractivity contribution in [3.05, 3.63) is 18.2 Å². The second-order valence-electron chi connectivity index (χ2n) is 1.35. The number of halogens is 1. The molecule has 0 amide bonds. The van der Waals surface area contributed by atoms with Crippen LogP contribution in [0, 0.1) is 5.95 Å². The molecule has 0 fully saturated rings. The summed E-state index contributed by atoms with van der Waals surface area (Å²) in [4.78, 5) is 6.85. The van der Waals surface area contributed by atoms with Gasteiger partial charge in [-0.2, -0.15) is 9.37 Å². The Kier molecular flexibility index (Phi) is 1.55. The number of nitrogen functional groups attached to an aromatic ring is 1. The largest absolute Gasteiger partial charge is 0.292 e. The van der Waals surface area contributed by atoms with Crippen LogP contribution >= 0.6 is 0 Å². The first-order valence-electron chi connectivity index (χ1n) is 2.28. The number of aromatic nitrogens is 2. The highest BCUT2D eigenvalue weighted by Gasteiger charge is 1.91. The van der Waals surface area contributed by atoms with Gasteiger partial charge >= 0.3 is 0 Å². The number of hydrazine groups is 1. The Labute approximate surface area is 50.9 Å². The summed E-state index contributed by atoms with van der Waals surface area (Å²) in [6.07, 6.45) is 1.28. The molecule has 0 bridgehead atoms. The van der Waals surface area contributed by atoms with Crippen LogP contribution in [0.4, 0.5) is 10.3 Å². The van der Waals surface area contributed by atoms with Gasteiger partial charge in [-0.15, -0.1) is 0 Å². The average Bonchev–Trinajstić information content (AvgIpc) is 1.88. The van der Waals surface area contributed by atoms with Crippen molar-refractivity contribution < 1.29 is 4.39 Å². The highest BCUT2D eigenvalue weighted by atomic mass is 19.1. The van der Waals surface area contributed by atoms with E-state index in [1.54, 1.807) is 0 Å². The zero-order valence-electron chi connectivity index (χ0n) is 4.50. The van der Waals surface area contributed by atoms with Gasteiger partial charge in [-0.3, -0.25) is 5.43 Å². The molecule has 48 valence electrons. The summed E-state index contributed by atoms with van der Waals surface area (Å²) < 4.78 is 12.1. The van der Waals surface area contributed by atoms with E-state index in [2.05, 4.69) is 15.4 Å². The van der Waals surface area contributed by atoms with Crippen molar-refractivity contribution in [3.8, 4) is 0 Å². The Hall–Kier alpha value is -1.23. The zero-order chi connectivity index (χ0) is 6.69. The SMILES string of the molecule is NNc1nccc(F)n1. The van der Waals surface area contributed by atoms with E-state index in [0.29, 0.717) is 0 Å². The van der Waals surface area contributed by atoms with Crippen molar-refractivity contribution in [2.24, 2.45) is 5.84 Å². The minimum Gasteiger partial charge on any atom is -0.292 e. The van der Waals surface area contributed by atoms with Crippen molar-refractivity contribution in [3.63, 3.8) is 0 Å². The van der Waals surface area contributed by atoms with Crippen LogP contribution in [0.2, 0.25) is 0 Å². The van der Waals surface area contributed by atoms with Crippen LogP contribution in [-0.4, -0.2) is 9.97 Å². The van der Waals surface area contributed by atoms with Crippen molar-refractivity contribution in [2.75, 3.05) is 5.43 Å². The van der Waals surface area contributed by atoms with E-state index >= 15 is 0 Å². The summed E-state index contributed by atoms with van der Waals surface area (Å²) >= 11 is 0. The molecule has 1 rings (SSSR count). The van der Waals surface area contributed by atoms with Gasteiger partial charge in [0.05, 0.1) is 0 Å². The number of rotatable bonds is 1. The maximum atomic E-state index is 12.1. The molecule has 0 aliphatic carbocycles. The number of hydrogen-bond acceptors (Lipinski definition) is 4. The Morgan fingerprint density at radius 3 is 2.89 bits per heavy atom. The Morgan fingerprint density at radius 1 is 1.67 bits per heavy atom. The van der Waals surface area contributed by atoms with Crippen LogP contribution in [0.5, 0.6) is 0 Å². The Balaban J connectivity index is 2.94. The lowest BCUT2D eigenvalue weighted by atomic mass is 10.6. The van der Waals surface area contributed by atoms with E-state index in [0.717, 1.165) is 6.07 Å². The summed E-state index contributed by atoms with van der Waals surface area (Å²) in [5, 5.41) is 0. The lowest BCUT2D eigenvalue weighted by Crippen LogP contribution is -2.10. The van der Waals surface area contributed by atoms with Gasteiger partial charge in [0.25, 0.3) is 0 Å². The predicted molar refractivity (Wildman–Crippen MR) is 29.8 cm³/mol. The van der Waals surface area contributed by atoms with E-state index in [9.17, 15) is 4.39 Å². The van der Waals surface area contributed by atoms with Crippen molar-refractivity contribution in [1.82, 2.24) is 9.97 Å². The molecule has 4 nitrogen and oxygen atoms in total. The van der Waals surface area contributed by atoms with Gasteiger partial charge in [0.15, 0.2) is 0 Å². The molecule has 1 heterocycles. The second-order valence-corrected chi connectivity index (χ2v) is 1.35. The molecule has 9 heavy (non-hydrogen) atoms. The minimum absolute atomic E-state index is 0.0787. The fourth-order valence-corrected chi connectivity index (χ4v) is 0.406. The van der Waals surface area contributed by atoms with Crippen molar-refractivity contribution >= 4 is 5.95 Å². The third-order valence-corrected chi connectivity index (χ3v) is 0.751. The number of nitrogens with one attached hydrogen (secondary N) is 1. The minimum atomic E-state index is -0.599. The summed E-state index contributed by atoms with van der Waals surface area (Å²) in [5.41, 5.74) is 2.11. The van der Waals surface area contributed by atoms with E-state index in [4.69, 9.17) is 5.84 Å². The number of nitrogens with zero attached hydrogens (tertiary/aromatic N) is 2. The lowest BCUT2D eigenvalue weighted by Gasteiger charge is -1.93. The van der Waals surface area contributed by atoms with E-state index in [-0.39, 0.29) is 5.95 Å². The molecule has 0 aromatic carbocycles. The van der Waals surface area contributed by atoms with Crippen LogP contribution in [-0.2, 0) is 0 Å². The normalized spacial score (nSPS) is 9.11. The van der Waals surface area contributed by atoms with E-state index in [1.165, 1.54) is 6.20 Å². The molecule has 0 spiro atoms. The van der Waals surface area contributed by atoms with Gasteiger partial charge in [-0.1, -0.05) is 0 Å². The van der Waals surface area contributed by atoms with Gasteiger partial charge in [0.2, 0.25) is 11.9 Å².